The molecule has 1 aliphatic rings. The molecule has 14 nitrogen and oxygen atoms in total. The fraction of sp³-hybridized carbons (Fsp3) is 0.231. The number of carbonyl (C=O) groups is 4. The van der Waals surface area contributed by atoms with Crippen LogP contribution >= 0.6 is 46.4 Å². The standard InChI is InChI=1S/C25H26Cl2N4O4.C14H11Cl2NO5/c1-29-15-19(25(33)31-11-9-30(10-12-31)14-17-5-3-2-4-6-17)23(22(29)24(32)28-34)35-16-18-7-8-20(26)21(27)13-18;1-17-5-8(13(18)19)12(11(17)14(20)21)22-6-7-2-3-9(15)10(16)4-7/h2-8,13,15,34H,9-12,14,16H2,1H3,(H,28,32);2-5H,6H2,1H3,(H,18,19)(H,20,21). The van der Waals surface area contributed by atoms with E-state index >= 15 is 0 Å². The topological polar surface area (TPSA) is 176 Å². The van der Waals surface area contributed by atoms with E-state index < -0.39 is 17.8 Å². The van der Waals surface area contributed by atoms with Crippen molar-refractivity contribution in [1.82, 2.24) is 24.4 Å². The number of hydroxylamine groups is 1. The third-order valence-corrected chi connectivity index (χ3v) is 10.4. The highest BCUT2D eigenvalue weighted by Crippen LogP contribution is 2.31. The van der Waals surface area contributed by atoms with Crippen molar-refractivity contribution >= 4 is 70.2 Å². The Labute approximate surface area is 347 Å². The summed E-state index contributed by atoms with van der Waals surface area (Å²) in [7, 11) is 3.05. The first-order valence-corrected chi connectivity index (χ1v) is 18.7. The normalized spacial score (nSPS) is 12.7. The Morgan fingerprint density at radius 3 is 1.65 bits per heavy atom. The molecule has 2 aromatic heterocycles. The number of nitrogens with one attached hydrogen (secondary N) is 1. The Morgan fingerprint density at radius 1 is 0.649 bits per heavy atom. The zero-order valence-electron chi connectivity index (χ0n) is 30.5. The van der Waals surface area contributed by atoms with Crippen LogP contribution in [0.1, 0.15) is 58.4 Å². The van der Waals surface area contributed by atoms with Gasteiger partial charge in [0.2, 0.25) is 0 Å². The quantitative estimate of drug-likeness (QED) is 0.0736. The third kappa shape index (κ3) is 10.6. The molecule has 0 radical (unpaired) electrons. The van der Waals surface area contributed by atoms with Crippen LogP contribution in [0.25, 0.3) is 0 Å². The summed E-state index contributed by atoms with van der Waals surface area (Å²) in [4.78, 5) is 52.3. The van der Waals surface area contributed by atoms with Gasteiger partial charge in [-0.1, -0.05) is 88.9 Å². The van der Waals surface area contributed by atoms with Gasteiger partial charge in [0.05, 0.1) is 20.1 Å². The molecule has 3 aromatic carbocycles. The molecule has 0 saturated carbocycles. The highest BCUT2D eigenvalue weighted by atomic mass is 35.5. The van der Waals surface area contributed by atoms with Crippen LogP contribution in [0.4, 0.5) is 0 Å². The van der Waals surface area contributed by atoms with Gasteiger partial charge in [0.25, 0.3) is 11.8 Å². The Hall–Kier alpha value is -5.22. The van der Waals surface area contributed by atoms with E-state index in [9.17, 15) is 29.5 Å². The van der Waals surface area contributed by atoms with Crippen LogP contribution in [0.2, 0.25) is 20.1 Å². The molecule has 3 heterocycles. The fourth-order valence-corrected chi connectivity index (χ4v) is 6.70. The van der Waals surface area contributed by atoms with E-state index in [-0.39, 0.29) is 53.1 Å². The SMILES string of the molecule is Cn1cc(C(=O)N2CCN(Cc3ccccc3)CC2)c(OCc2ccc(Cl)c(Cl)c2)c1C(=O)NO.Cn1cc(C(=O)O)c(OCc2ccc(Cl)c(Cl)c2)c1C(=O)O. The van der Waals surface area contributed by atoms with E-state index in [2.05, 4.69) is 17.0 Å². The number of aryl methyl sites for hydroxylation is 2. The van der Waals surface area contributed by atoms with E-state index in [1.165, 1.54) is 27.9 Å². The highest BCUT2D eigenvalue weighted by molar-refractivity contribution is 6.42. The second kappa shape index (κ2) is 19.3. The van der Waals surface area contributed by atoms with Gasteiger partial charge in [-0.15, -0.1) is 0 Å². The lowest BCUT2D eigenvalue weighted by Crippen LogP contribution is -2.48. The second-order valence-corrected chi connectivity index (χ2v) is 14.5. The Kier molecular flexibility index (Phi) is 14.5. The van der Waals surface area contributed by atoms with Gasteiger partial charge >= 0.3 is 11.9 Å². The van der Waals surface area contributed by atoms with Crippen molar-refractivity contribution in [1.29, 1.82) is 0 Å². The first-order chi connectivity index (χ1) is 27.2. The molecular formula is C39H37Cl4N5O9. The van der Waals surface area contributed by atoms with E-state index in [1.807, 2.05) is 18.2 Å². The first kappa shape index (κ1) is 42.9. The summed E-state index contributed by atoms with van der Waals surface area (Å²) in [5.74, 6) is -3.66. The molecule has 0 atom stereocenters. The lowest BCUT2D eigenvalue weighted by atomic mass is 10.1. The van der Waals surface area contributed by atoms with Crippen LogP contribution in [0, 0.1) is 0 Å². The number of rotatable bonds is 12. The van der Waals surface area contributed by atoms with Crippen molar-refractivity contribution in [3.8, 4) is 11.5 Å². The molecule has 6 rings (SSSR count). The number of carboxylic acids is 2. The summed E-state index contributed by atoms with van der Waals surface area (Å²) in [6.45, 7) is 3.41. The van der Waals surface area contributed by atoms with Crippen molar-refractivity contribution in [3.05, 3.63) is 138 Å². The number of carbonyl (C=O) groups excluding carboxylic acids is 2. The van der Waals surface area contributed by atoms with Gasteiger partial charge in [-0.25, -0.2) is 15.1 Å². The summed E-state index contributed by atoms with van der Waals surface area (Å²) >= 11 is 23.8. The number of hydrogen-bond donors (Lipinski definition) is 4. The molecule has 57 heavy (non-hydrogen) atoms. The van der Waals surface area contributed by atoms with Crippen LogP contribution in [0.3, 0.4) is 0 Å². The molecule has 5 aromatic rings. The van der Waals surface area contributed by atoms with E-state index in [0.717, 1.165) is 19.6 Å². The number of hydrogen-bond acceptors (Lipinski definition) is 8. The van der Waals surface area contributed by atoms with Crippen LogP contribution < -0.4 is 15.0 Å². The van der Waals surface area contributed by atoms with Gasteiger partial charge in [-0.2, -0.15) is 0 Å². The Morgan fingerprint density at radius 2 is 1.16 bits per heavy atom. The van der Waals surface area contributed by atoms with Gasteiger partial charge in [0.1, 0.15) is 24.3 Å². The van der Waals surface area contributed by atoms with E-state index in [1.54, 1.807) is 60.0 Å². The third-order valence-electron chi connectivity index (χ3n) is 8.89. The monoisotopic (exact) mass is 859 g/mol. The summed E-state index contributed by atoms with van der Waals surface area (Å²) < 4.78 is 14.0. The summed E-state index contributed by atoms with van der Waals surface area (Å²) in [5, 5.41) is 29.1. The average molecular weight is 862 g/mol. The number of nitrogens with zero attached hydrogens (tertiary/aromatic N) is 4. The van der Waals surface area contributed by atoms with E-state index in [0.29, 0.717) is 44.3 Å². The lowest BCUT2D eigenvalue weighted by Gasteiger charge is -2.34. The number of ether oxygens (including phenoxy) is 2. The summed E-state index contributed by atoms with van der Waals surface area (Å²) in [6, 6.07) is 20.0. The van der Waals surface area contributed by atoms with Crippen LogP contribution in [-0.4, -0.2) is 84.3 Å². The van der Waals surface area contributed by atoms with Gasteiger partial charge in [-0.3, -0.25) is 19.7 Å². The Bertz CT molecular complexity index is 2270. The molecular weight excluding hydrogens is 824 g/mol. The van der Waals surface area contributed by atoms with Crippen molar-refractivity contribution in [2.75, 3.05) is 26.2 Å². The molecule has 0 unspecified atom stereocenters. The van der Waals surface area contributed by atoms with Crippen molar-refractivity contribution in [3.63, 3.8) is 0 Å². The minimum atomic E-state index is -1.28. The zero-order valence-corrected chi connectivity index (χ0v) is 33.6. The predicted octanol–water partition coefficient (Wildman–Crippen LogP) is 7.30. The molecule has 2 amide bonds. The largest absolute Gasteiger partial charge is 0.486 e. The average Bonchev–Trinajstić information content (AvgIpc) is 3.71. The molecule has 0 bridgehead atoms. The smallest absolute Gasteiger partial charge is 0.356 e. The number of piperazine rings is 1. The van der Waals surface area contributed by atoms with Crippen molar-refractivity contribution in [2.45, 2.75) is 19.8 Å². The maximum Gasteiger partial charge on any atom is 0.356 e. The molecule has 1 saturated heterocycles. The van der Waals surface area contributed by atoms with Gasteiger partial charge in [-0.05, 0) is 41.0 Å². The molecule has 1 fully saturated rings. The van der Waals surface area contributed by atoms with Gasteiger partial charge in [0, 0.05) is 59.2 Å². The number of aromatic nitrogens is 2. The minimum absolute atomic E-state index is 0.0402. The first-order valence-electron chi connectivity index (χ1n) is 17.2. The Balaban J connectivity index is 0.000000242. The molecule has 1 aliphatic heterocycles. The molecule has 18 heteroatoms. The van der Waals surface area contributed by atoms with Crippen LogP contribution in [-0.2, 0) is 33.9 Å². The number of carboxylic acid groups (broad SMARTS) is 2. The van der Waals surface area contributed by atoms with Crippen LogP contribution in [0.15, 0.2) is 79.1 Å². The van der Waals surface area contributed by atoms with Crippen molar-refractivity contribution in [2.24, 2.45) is 14.1 Å². The van der Waals surface area contributed by atoms with E-state index in [4.69, 9.17) is 61.0 Å². The fourth-order valence-electron chi connectivity index (χ4n) is 6.06. The maximum absolute atomic E-state index is 13.5. The predicted molar refractivity (Wildman–Crippen MR) is 213 cm³/mol. The number of aromatic carboxylic acids is 2. The number of amides is 2. The number of halogens is 4. The van der Waals surface area contributed by atoms with Gasteiger partial charge in [0.15, 0.2) is 22.9 Å². The zero-order chi connectivity index (χ0) is 41.4. The van der Waals surface area contributed by atoms with Gasteiger partial charge < -0.3 is 33.7 Å². The molecule has 4 N–H and O–H groups in total. The minimum Gasteiger partial charge on any atom is -0.486 e. The lowest BCUT2D eigenvalue weighted by molar-refractivity contribution is 0.0621. The highest BCUT2D eigenvalue weighted by Gasteiger charge is 2.30. The summed E-state index contributed by atoms with van der Waals surface area (Å²) in [6.07, 6.45) is 2.74. The maximum atomic E-state index is 13.5. The second-order valence-electron chi connectivity index (χ2n) is 12.8. The van der Waals surface area contributed by atoms with Crippen LogP contribution in [0.5, 0.6) is 11.5 Å². The molecule has 0 aliphatic carbocycles. The molecule has 300 valence electrons. The van der Waals surface area contributed by atoms with Crippen molar-refractivity contribution < 1.29 is 44.1 Å². The number of benzene rings is 3. The summed E-state index contributed by atoms with van der Waals surface area (Å²) in [5.41, 5.74) is 4.03. The molecule has 0 spiro atoms.